The molecule has 2 N–H and O–H groups in total. The molecule has 0 spiro atoms. The number of nitrogens with zero attached hydrogens (tertiary/aromatic N) is 2. The van der Waals surface area contributed by atoms with E-state index in [1.165, 1.54) is 5.56 Å². The molecule has 0 bridgehead atoms. The number of ether oxygens (including phenoxy) is 1. The van der Waals surface area contributed by atoms with Crippen LogP contribution in [0.15, 0.2) is 18.2 Å². The van der Waals surface area contributed by atoms with E-state index >= 15 is 0 Å². The third-order valence-corrected chi connectivity index (χ3v) is 5.94. The summed E-state index contributed by atoms with van der Waals surface area (Å²) >= 11 is 0. The fourth-order valence-corrected chi connectivity index (χ4v) is 4.34. The molecule has 0 unspecified atom stereocenters. The van der Waals surface area contributed by atoms with Crippen LogP contribution >= 0.6 is 0 Å². The van der Waals surface area contributed by atoms with Crippen molar-refractivity contribution in [3.63, 3.8) is 0 Å². The zero-order valence-electron chi connectivity index (χ0n) is 17.9. The zero-order valence-corrected chi connectivity index (χ0v) is 17.9. The Bertz CT molecular complexity index is 724. The molecule has 1 aromatic carbocycles. The zero-order chi connectivity index (χ0) is 20.8. The summed E-state index contributed by atoms with van der Waals surface area (Å²) < 4.78 is 5.08. The van der Waals surface area contributed by atoms with Crippen molar-refractivity contribution in [2.75, 3.05) is 59.3 Å². The fraction of sp³-hybridized carbons (Fsp3) is 0.636. The highest BCUT2D eigenvalue weighted by Gasteiger charge is 2.29. The van der Waals surface area contributed by atoms with Gasteiger partial charge in [0, 0.05) is 46.4 Å². The van der Waals surface area contributed by atoms with Crippen molar-refractivity contribution >= 4 is 17.5 Å². The van der Waals surface area contributed by atoms with Gasteiger partial charge < -0.3 is 25.2 Å². The molecule has 1 fully saturated rings. The van der Waals surface area contributed by atoms with Crippen LogP contribution in [0.25, 0.3) is 0 Å². The minimum Gasteiger partial charge on any atom is -0.384 e. The molecule has 0 aromatic heterocycles. The number of hydrogen-bond acceptors (Lipinski definition) is 5. The van der Waals surface area contributed by atoms with Crippen LogP contribution in [0.5, 0.6) is 0 Å². The normalized spacial score (nSPS) is 22.2. The van der Waals surface area contributed by atoms with E-state index in [0.717, 1.165) is 50.0 Å². The van der Waals surface area contributed by atoms with Crippen LogP contribution in [-0.2, 0) is 16.0 Å². The number of benzene rings is 1. The molecule has 0 saturated carbocycles. The molecule has 2 atom stereocenters. The number of para-hydroxylation sites is 1. The van der Waals surface area contributed by atoms with Gasteiger partial charge in [-0.25, -0.2) is 0 Å². The molecule has 1 saturated heterocycles. The van der Waals surface area contributed by atoms with E-state index < -0.39 is 0 Å². The van der Waals surface area contributed by atoms with Crippen LogP contribution in [-0.4, -0.2) is 81.6 Å². The first-order valence-corrected chi connectivity index (χ1v) is 10.6. The first-order valence-electron chi connectivity index (χ1n) is 10.6. The van der Waals surface area contributed by atoms with Gasteiger partial charge in [-0.1, -0.05) is 12.1 Å². The molecule has 0 radical (unpaired) electrons. The number of nitrogens with one attached hydrogen (secondary N) is 2. The maximum Gasteiger partial charge on any atom is 0.253 e. The third kappa shape index (κ3) is 5.48. The molecular weight excluding hydrogens is 368 g/mol. The first kappa shape index (κ1) is 21.6. The Balaban J connectivity index is 1.61. The van der Waals surface area contributed by atoms with Gasteiger partial charge in [-0.3, -0.25) is 9.59 Å². The molecule has 0 aliphatic carbocycles. The maximum absolute atomic E-state index is 13.0. The largest absolute Gasteiger partial charge is 0.384 e. The molecule has 2 aliphatic heterocycles. The van der Waals surface area contributed by atoms with E-state index in [0.29, 0.717) is 19.7 Å². The predicted molar refractivity (Wildman–Crippen MR) is 114 cm³/mol. The Morgan fingerprint density at radius 3 is 2.93 bits per heavy atom. The Kier molecular flexibility index (Phi) is 7.50. The highest BCUT2D eigenvalue weighted by atomic mass is 16.5. The summed E-state index contributed by atoms with van der Waals surface area (Å²) in [6, 6.07) is 5.98. The number of anilines is 1. The first-order chi connectivity index (χ1) is 14.0. The summed E-state index contributed by atoms with van der Waals surface area (Å²) in [5, 5.41) is 6.60. The van der Waals surface area contributed by atoms with Gasteiger partial charge in [0.15, 0.2) is 0 Å². The molecule has 29 heavy (non-hydrogen) atoms. The lowest BCUT2D eigenvalue weighted by atomic mass is 9.98. The highest BCUT2D eigenvalue weighted by Crippen LogP contribution is 2.26. The van der Waals surface area contributed by atoms with E-state index in [-0.39, 0.29) is 23.8 Å². The van der Waals surface area contributed by atoms with E-state index in [2.05, 4.69) is 21.6 Å². The van der Waals surface area contributed by atoms with E-state index in [9.17, 15) is 9.59 Å². The molecule has 7 heteroatoms. The second-order valence-corrected chi connectivity index (χ2v) is 8.29. The quantitative estimate of drug-likeness (QED) is 0.756. The maximum atomic E-state index is 13.0. The number of hydrogen-bond donors (Lipinski definition) is 2. The van der Waals surface area contributed by atoms with Gasteiger partial charge in [0.1, 0.15) is 0 Å². The molecule has 160 valence electrons. The van der Waals surface area contributed by atoms with Gasteiger partial charge in [0.2, 0.25) is 5.91 Å². The SMILES string of the molecule is COCCN(C)C(=O)[C@@H]1CC[C@H](NC(=O)c2cccc3c2NCCC3)CN(C)C1. The Morgan fingerprint density at radius 1 is 1.31 bits per heavy atom. The molecule has 1 aromatic rings. The number of aryl methyl sites for hydroxylation is 1. The average molecular weight is 403 g/mol. The average Bonchev–Trinajstić information content (AvgIpc) is 2.91. The molecule has 2 aliphatic rings. The summed E-state index contributed by atoms with van der Waals surface area (Å²) in [4.78, 5) is 29.7. The number of carbonyl (C=O) groups is 2. The lowest BCUT2D eigenvalue weighted by molar-refractivity contribution is -0.135. The van der Waals surface area contributed by atoms with Crippen molar-refractivity contribution in [3.8, 4) is 0 Å². The Morgan fingerprint density at radius 2 is 2.14 bits per heavy atom. The van der Waals surface area contributed by atoms with Crippen molar-refractivity contribution in [2.45, 2.75) is 31.7 Å². The minimum absolute atomic E-state index is 0.0309. The lowest BCUT2D eigenvalue weighted by Gasteiger charge is -2.25. The number of likely N-dealkylation sites (tertiary alicyclic amines) is 1. The van der Waals surface area contributed by atoms with E-state index in [1.807, 2.05) is 26.2 Å². The van der Waals surface area contributed by atoms with Crippen LogP contribution in [0.1, 0.15) is 35.2 Å². The third-order valence-electron chi connectivity index (χ3n) is 5.94. The van der Waals surface area contributed by atoms with Crippen molar-refractivity contribution in [1.29, 1.82) is 0 Å². The topological polar surface area (TPSA) is 73.9 Å². The summed E-state index contributed by atoms with van der Waals surface area (Å²) in [5.74, 6) is 0.0776. The number of methoxy groups -OCH3 is 1. The second-order valence-electron chi connectivity index (χ2n) is 8.29. The van der Waals surface area contributed by atoms with Crippen molar-refractivity contribution < 1.29 is 14.3 Å². The monoisotopic (exact) mass is 402 g/mol. The molecule has 3 rings (SSSR count). The van der Waals surface area contributed by atoms with Crippen LogP contribution < -0.4 is 10.6 Å². The van der Waals surface area contributed by atoms with Crippen molar-refractivity contribution in [1.82, 2.24) is 15.1 Å². The van der Waals surface area contributed by atoms with Crippen LogP contribution in [0, 0.1) is 5.92 Å². The number of rotatable bonds is 6. The van der Waals surface area contributed by atoms with Gasteiger partial charge in [0.05, 0.1) is 23.8 Å². The van der Waals surface area contributed by atoms with Crippen LogP contribution in [0.2, 0.25) is 0 Å². The predicted octanol–water partition coefficient (Wildman–Crippen LogP) is 1.59. The summed E-state index contributed by atoms with van der Waals surface area (Å²) in [6.07, 6.45) is 3.68. The van der Waals surface area contributed by atoms with Crippen molar-refractivity contribution in [2.24, 2.45) is 5.92 Å². The number of carbonyl (C=O) groups excluding carboxylic acids is 2. The Hall–Kier alpha value is -2.12. The molecule has 2 heterocycles. The summed E-state index contributed by atoms with van der Waals surface area (Å²) in [6.45, 7) is 3.51. The highest BCUT2D eigenvalue weighted by molar-refractivity contribution is 6.00. The van der Waals surface area contributed by atoms with Gasteiger partial charge in [-0.15, -0.1) is 0 Å². The van der Waals surface area contributed by atoms with Crippen LogP contribution in [0.3, 0.4) is 0 Å². The van der Waals surface area contributed by atoms with Crippen molar-refractivity contribution in [3.05, 3.63) is 29.3 Å². The lowest BCUT2D eigenvalue weighted by Crippen LogP contribution is -2.42. The summed E-state index contributed by atoms with van der Waals surface area (Å²) in [5.41, 5.74) is 2.92. The van der Waals surface area contributed by atoms with E-state index in [4.69, 9.17) is 4.74 Å². The Labute approximate surface area is 173 Å². The molecule has 2 amide bonds. The number of likely N-dealkylation sites (N-methyl/N-ethyl adjacent to an activating group) is 2. The van der Waals surface area contributed by atoms with Gasteiger partial charge in [-0.05, 0) is 44.4 Å². The van der Waals surface area contributed by atoms with Gasteiger partial charge >= 0.3 is 0 Å². The van der Waals surface area contributed by atoms with Gasteiger partial charge in [0.25, 0.3) is 5.91 Å². The van der Waals surface area contributed by atoms with Gasteiger partial charge in [-0.2, -0.15) is 0 Å². The minimum atomic E-state index is -0.0464. The molecule has 7 nitrogen and oxygen atoms in total. The number of amides is 2. The fourth-order valence-electron chi connectivity index (χ4n) is 4.34. The van der Waals surface area contributed by atoms with E-state index in [1.54, 1.807) is 12.0 Å². The molecular formula is C22H34N4O3. The second kappa shape index (κ2) is 10.1. The standard InChI is InChI=1S/C22H34N4O3/c1-25-14-17(22(28)26(2)12-13-29-3)9-10-18(15-25)24-21(27)19-8-4-6-16-7-5-11-23-20(16)19/h4,6,8,17-18,23H,5,7,9-15H2,1-3H3,(H,24,27)/t17-,18+/m1/s1. The van der Waals surface area contributed by atoms with Crippen LogP contribution in [0.4, 0.5) is 5.69 Å². The summed E-state index contributed by atoms with van der Waals surface area (Å²) in [7, 11) is 5.49. The smallest absolute Gasteiger partial charge is 0.253 e. The number of fused-ring (bicyclic) bond motifs is 1.